The first-order chi connectivity index (χ1) is 8.56. The number of amides is 1. The lowest BCUT2D eigenvalue weighted by Crippen LogP contribution is -2.32. The topological polar surface area (TPSA) is 55.1 Å². The lowest BCUT2D eigenvalue weighted by Gasteiger charge is -2.17. The molecule has 1 aliphatic carbocycles. The highest BCUT2D eigenvalue weighted by Gasteiger charge is 2.28. The van der Waals surface area contributed by atoms with Gasteiger partial charge in [0, 0.05) is 17.0 Å². The molecule has 2 rings (SSSR count). The van der Waals surface area contributed by atoms with Crippen LogP contribution in [0.3, 0.4) is 0 Å². The summed E-state index contributed by atoms with van der Waals surface area (Å²) in [7, 11) is 0. The Labute approximate surface area is 113 Å². The van der Waals surface area contributed by atoms with Crippen LogP contribution in [-0.4, -0.2) is 11.9 Å². The van der Waals surface area contributed by atoms with Crippen molar-refractivity contribution in [3.05, 3.63) is 34.9 Å². The van der Waals surface area contributed by atoms with Crippen LogP contribution in [0.2, 0.25) is 5.02 Å². The van der Waals surface area contributed by atoms with Crippen LogP contribution in [0.5, 0.6) is 0 Å². The van der Waals surface area contributed by atoms with E-state index in [2.05, 4.69) is 5.32 Å². The zero-order valence-electron chi connectivity index (χ0n) is 10.5. The zero-order valence-corrected chi connectivity index (χ0v) is 11.3. The molecule has 2 unspecified atom stereocenters. The van der Waals surface area contributed by atoms with Gasteiger partial charge in [-0.2, -0.15) is 0 Å². The van der Waals surface area contributed by atoms with Gasteiger partial charge in [0.15, 0.2) is 0 Å². The number of hydrogen-bond donors (Lipinski definition) is 2. The summed E-state index contributed by atoms with van der Waals surface area (Å²) in [6.45, 7) is 1.98. The molecular weight excluding hydrogens is 248 g/mol. The maximum Gasteiger partial charge on any atom is 0.223 e. The minimum absolute atomic E-state index is 0.00610. The van der Waals surface area contributed by atoms with Gasteiger partial charge in [0.25, 0.3) is 0 Å². The van der Waals surface area contributed by atoms with Gasteiger partial charge in [-0.15, -0.1) is 0 Å². The van der Waals surface area contributed by atoms with E-state index < -0.39 is 0 Å². The molecule has 0 saturated heterocycles. The van der Waals surface area contributed by atoms with Crippen LogP contribution in [0.1, 0.15) is 37.8 Å². The standard InChI is InChI=1S/C14H19ClN2O/c1-9(10-2-5-12(15)6-3-10)17-14(18)11-4-7-13(16)8-11/h2-3,5-6,9,11,13H,4,7-8,16H2,1H3,(H,17,18)/t9-,11?,13?/m1/s1. The van der Waals surface area contributed by atoms with E-state index in [-0.39, 0.29) is 23.9 Å². The first kappa shape index (κ1) is 13.4. The Morgan fingerprint density at radius 3 is 2.61 bits per heavy atom. The Hall–Kier alpha value is -1.06. The number of hydrogen-bond acceptors (Lipinski definition) is 2. The van der Waals surface area contributed by atoms with Crippen LogP contribution in [-0.2, 0) is 4.79 Å². The van der Waals surface area contributed by atoms with Crippen molar-refractivity contribution in [1.29, 1.82) is 0 Å². The van der Waals surface area contributed by atoms with Gasteiger partial charge in [0.05, 0.1) is 6.04 Å². The fourth-order valence-corrected chi connectivity index (χ4v) is 2.55. The van der Waals surface area contributed by atoms with E-state index in [9.17, 15) is 4.79 Å². The summed E-state index contributed by atoms with van der Waals surface area (Å²) in [6, 6.07) is 7.75. The van der Waals surface area contributed by atoms with Gasteiger partial charge in [-0.05, 0) is 43.9 Å². The van der Waals surface area contributed by atoms with E-state index in [1.165, 1.54) is 0 Å². The van der Waals surface area contributed by atoms with Gasteiger partial charge in [-0.3, -0.25) is 4.79 Å². The molecule has 3 nitrogen and oxygen atoms in total. The quantitative estimate of drug-likeness (QED) is 0.884. The largest absolute Gasteiger partial charge is 0.349 e. The summed E-state index contributed by atoms with van der Waals surface area (Å²) >= 11 is 5.84. The van der Waals surface area contributed by atoms with Crippen molar-refractivity contribution in [2.24, 2.45) is 11.7 Å². The third kappa shape index (κ3) is 3.24. The molecule has 1 aromatic carbocycles. The fraction of sp³-hybridized carbons (Fsp3) is 0.500. The predicted molar refractivity (Wildman–Crippen MR) is 73.3 cm³/mol. The molecule has 1 saturated carbocycles. The average molecular weight is 267 g/mol. The maximum atomic E-state index is 12.0. The second kappa shape index (κ2) is 5.72. The van der Waals surface area contributed by atoms with Gasteiger partial charge in [-0.25, -0.2) is 0 Å². The van der Waals surface area contributed by atoms with E-state index in [0.29, 0.717) is 5.02 Å². The summed E-state index contributed by atoms with van der Waals surface area (Å²) in [4.78, 5) is 12.0. The minimum Gasteiger partial charge on any atom is -0.349 e. The molecule has 0 bridgehead atoms. The molecule has 0 radical (unpaired) electrons. The van der Waals surface area contributed by atoms with Crippen molar-refractivity contribution < 1.29 is 4.79 Å². The highest BCUT2D eigenvalue weighted by atomic mass is 35.5. The highest BCUT2D eigenvalue weighted by Crippen LogP contribution is 2.25. The van der Waals surface area contributed by atoms with Crippen molar-refractivity contribution in [2.45, 2.75) is 38.3 Å². The van der Waals surface area contributed by atoms with Crippen molar-refractivity contribution in [1.82, 2.24) is 5.32 Å². The molecule has 0 aromatic heterocycles. The molecule has 1 aromatic rings. The molecule has 0 aliphatic heterocycles. The maximum absolute atomic E-state index is 12.0. The van der Waals surface area contributed by atoms with Crippen LogP contribution in [0.25, 0.3) is 0 Å². The van der Waals surface area contributed by atoms with Crippen LogP contribution >= 0.6 is 11.6 Å². The minimum atomic E-state index is 0.00610. The normalized spacial score (nSPS) is 24.8. The predicted octanol–water partition coefficient (Wildman–Crippen LogP) is 2.64. The first-order valence-corrected chi connectivity index (χ1v) is 6.75. The van der Waals surface area contributed by atoms with E-state index in [0.717, 1.165) is 24.8 Å². The van der Waals surface area contributed by atoms with Crippen LogP contribution in [0.4, 0.5) is 0 Å². The second-order valence-electron chi connectivity index (χ2n) is 5.05. The van der Waals surface area contributed by atoms with Gasteiger partial charge in [0.1, 0.15) is 0 Å². The number of benzene rings is 1. The molecule has 18 heavy (non-hydrogen) atoms. The number of rotatable bonds is 3. The van der Waals surface area contributed by atoms with Crippen LogP contribution in [0, 0.1) is 5.92 Å². The number of halogens is 1. The smallest absolute Gasteiger partial charge is 0.223 e. The van der Waals surface area contributed by atoms with Gasteiger partial charge < -0.3 is 11.1 Å². The van der Waals surface area contributed by atoms with Gasteiger partial charge in [-0.1, -0.05) is 23.7 Å². The summed E-state index contributed by atoms with van der Waals surface area (Å²) in [5.41, 5.74) is 6.89. The molecule has 1 aliphatic rings. The first-order valence-electron chi connectivity index (χ1n) is 6.37. The summed E-state index contributed by atoms with van der Waals surface area (Å²) in [5.74, 6) is 0.195. The summed E-state index contributed by atoms with van der Waals surface area (Å²) in [5, 5.41) is 3.75. The molecule has 3 N–H and O–H groups in total. The average Bonchev–Trinajstić information content (AvgIpc) is 2.76. The molecule has 98 valence electrons. The molecule has 4 heteroatoms. The van der Waals surface area contributed by atoms with Gasteiger partial charge in [0.2, 0.25) is 5.91 Å². The van der Waals surface area contributed by atoms with Crippen molar-refractivity contribution in [2.75, 3.05) is 0 Å². The zero-order chi connectivity index (χ0) is 13.1. The lowest BCUT2D eigenvalue weighted by atomic mass is 10.0. The molecule has 1 amide bonds. The Morgan fingerprint density at radius 1 is 1.39 bits per heavy atom. The third-order valence-electron chi connectivity index (χ3n) is 3.57. The molecule has 1 fully saturated rings. The Kier molecular flexibility index (Phi) is 4.25. The Balaban J connectivity index is 1.92. The molecular formula is C14H19ClN2O. The van der Waals surface area contributed by atoms with E-state index in [4.69, 9.17) is 17.3 Å². The molecule has 0 spiro atoms. The van der Waals surface area contributed by atoms with E-state index in [1.807, 2.05) is 31.2 Å². The Bertz CT molecular complexity index is 418. The third-order valence-corrected chi connectivity index (χ3v) is 3.82. The van der Waals surface area contributed by atoms with E-state index >= 15 is 0 Å². The van der Waals surface area contributed by atoms with Gasteiger partial charge >= 0.3 is 0 Å². The van der Waals surface area contributed by atoms with Crippen molar-refractivity contribution >= 4 is 17.5 Å². The molecule has 3 atom stereocenters. The highest BCUT2D eigenvalue weighted by molar-refractivity contribution is 6.30. The van der Waals surface area contributed by atoms with Crippen LogP contribution < -0.4 is 11.1 Å². The second-order valence-corrected chi connectivity index (χ2v) is 5.49. The number of carbonyl (C=O) groups excluding carboxylic acids is 1. The Morgan fingerprint density at radius 2 is 2.06 bits per heavy atom. The van der Waals surface area contributed by atoms with E-state index in [1.54, 1.807) is 0 Å². The number of nitrogens with two attached hydrogens (primary N) is 1. The number of nitrogens with one attached hydrogen (secondary N) is 1. The fourth-order valence-electron chi connectivity index (χ4n) is 2.42. The molecule has 0 heterocycles. The lowest BCUT2D eigenvalue weighted by molar-refractivity contribution is -0.125. The number of carbonyl (C=O) groups is 1. The van der Waals surface area contributed by atoms with Crippen molar-refractivity contribution in [3.8, 4) is 0 Å². The monoisotopic (exact) mass is 266 g/mol. The van der Waals surface area contributed by atoms with Crippen LogP contribution in [0.15, 0.2) is 24.3 Å². The van der Waals surface area contributed by atoms with Crippen molar-refractivity contribution in [3.63, 3.8) is 0 Å². The summed E-state index contributed by atoms with van der Waals surface area (Å²) < 4.78 is 0. The SMILES string of the molecule is C[C@@H](NC(=O)C1CCC(N)C1)c1ccc(Cl)cc1. The summed E-state index contributed by atoms with van der Waals surface area (Å²) in [6.07, 6.45) is 2.66.